The number of rotatable bonds is 5. The second-order valence-corrected chi connectivity index (χ2v) is 9.47. The van der Waals surface area contributed by atoms with Crippen LogP contribution in [0.1, 0.15) is 23.6 Å². The molecule has 41 heavy (non-hydrogen) atoms. The standard InChI is InChI=1S/C25H19ClF9N3O3/c26-16-3-1-2-4-17(16)38-18(15-7-5-13(6-8-15)14-9-11-36-12-10-14)19(41-21(39)23(27,28)29)20(37-38)22(40,24(30,31)32)25(33,34)35/h1-9,18-19,36,40H,10-12H2. The molecule has 0 aliphatic carbocycles. The zero-order valence-corrected chi connectivity index (χ0v) is 21.2. The molecule has 0 saturated carbocycles. The molecule has 2 aromatic rings. The van der Waals surface area contributed by atoms with Gasteiger partial charge in [0.25, 0.3) is 0 Å². The van der Waals surface area contributed by atoms with Gasteiger partial charge in [-0.05, 0) is 41.8 Å². The van der Waals surface area contributed by atoms with Crippen LogP contribution < -0.4 is 10.3 Å². The van der Waals surface area contributed by atoms with Crippen molar-refractivity contribution in [3.63, 3.8) is 0 Å². The van der Waals surface area contributed by atoms with Crippen LogP contribution in [0.2, 0.25) is 5.02 Å². The molecule has 0 amide bonds. The van der Waals surface area contributed by atoms with Gasteiger partial charge in [0.05, 0.1) is 10.7 Å². The van der Waals surface area contributed by atoms with Crippen molar-refractivity contribution in [2.75, 3.05) is 18.1 Å². The zero-order chi connectivity index (χ0) is 30.4. The Bertz CT molecular complexity index is 1340. The molecular weight excluding hydrogens is 597 g/mol. The molecule has 222 valence electrons. The van der Waals surface area contributed by atoms with Crippen molar-refractivity contribution in [2.45, 2.75) is 42.7 Å². The van der Waals surface area contributed by atoms with Crippen molar-refractivity contribution in [3.05, 3.63) is 70.8 Å². The van der Waals surface area contributed by atoms with Gasteiger partial charge in [-0.25, -0.2) is 4.79 Å². The highest BCUT2D eigenvalue weighted by Gasteiger charge is 2.76. The van der Waals surface area contributed by atoms with Crippen LogP contribution in [0.15, 0.2) is 59.7 Å². The van der Waals surface area contributed by atoms with Crippen LogP contribution in [0.3, 0.4) is 0 Å². The first-order valence-corrected chi connectivity index (χ1v) is 12.1. The van der Waals surface area contributed by atoms with Crippen molar-refractivity contribution in [3.8, 4) is 0 Å². The zero-order valence-electron chi connectivity index (χ0n) is 20.4. The van der Waals surface area contributed by atoms with Crippen molar-refractivity contribution < 1.29 is 54.2 Å². The van der Waals surface area contributed by atoms with E-state index in [-0.39, 0.29) is 16.3 Å². The summed E-state index contributed by atoms with van der Waals surface area (Å²) < 4.78 is 127. The molecule has 0 fully saturated rings. The van der Waals surface area contributed by atoms with Gasteiger partial charge in [-0.1, -0.05) is 54.1 Å². The second kappa shape index (κ2) is 10.8. The normalized spacial score (nSPS) is 20.5. The Morgan fingerprint density at radius 3 is 2.10 bits per heavy atom. The van der Waals surface area contributed by atoms with Gasteiger partial charge < -0.3 is 15.2 Å². The van der Waals surface area contributed by atoms with Gasteiger partial charge in [0, 0.05) is 6.54 Å². The van der Waals surface area contributed by atoms with Crippen molar-refractivity contribution in [1.82, 2.24) is 5.32 Å². The summed E-state index contributed by atoms with van der Waals surface area (Å²) in [5, 5.41) is 16.8. The minimum atomic E-state index is -6.54. The Labute approximate surface area is 231 Å². The monoisotopic (exact) mass is 615 g/mol. The number of para-hydroxylation sites is 1. The molecule has 0 saturated heterocycles. The number of hydrogen-bond acceptors (Lipinski definition) is 6. The molecule has 16 heteroatoms. The fourth-order valence-electron chi connectivity index (χ4n) is 4.48. The molecule has 0 radical (unpaired) electrons. The van der Waals surface area contributed by atoms with E-state index in [0.717, 1.165) is 11.6 Å². The van der Waals surface area contributed by atoms with Crippen molar-refractivity contribution >= 4 is 34.5 Å². The summed E-state index contributed by atoms with van der Waals surface area (Å²) in [7, 11) is 0. The molecule has 2 heterocycles. The van der Waals surface area contributed by atoms with Crippen molar-refractivity contribution in [1.29, 1.82) is 0 Å². The third-order valence-corrected chi connectivity index (χ3v) is 6.80. The maximum Gasteiger partial charge on any atom is 0.490 e. The van der Waals surface area contributed by atoms with Crippen LogP contribution in [0.25, 0.3) is 5.57 Å². The third kappa shape index (κ3) is 5.75. The van der Waals surface area contributed by atoms with E-state index in [2.05, 4.69) is 15.2 Å². The SMILES string of the molecule is O=C(OC1C(C(O)(C(F)(F)F)C(F)(F)F)=NN(c2ccccc2Cl)C1c1ccc(C2=CCNCC2)cc1)C(F)(F)F. The first kappa shape index (κ1) is 30.7. The van der Waals surface area contributed by atoms with Gasteiger partial charge in [-0.3, -0.25) is 5.01 Å². The van der Waals surface area contributed by atoms with Crippen LogP contribution >= 0.6 is 11.6 Å². The molecule has 2 atom stereocenters. The van der Waals surface area contributed by atoms with E-state index >= 15 is 0 Å². The molecule has 2 aliphatic rings. The lowest BCUT2D eigenvalue weighted by Gasteiger charge is -2.35. The average Bonchev–Trinajstić information content (AvgIpc) is 3.26. The minimum Gasteiger partial charge on any atom is -0.447 e. The predicted octanol–water partition coefficient (Wildman–Crippen LogP) is 5.96. The van der Waals surface area contributed by atoms with E-state index in [1.165, 1.54) is 42.5 Å². The van der Waals surface area contributed by atoms with Gasteiger partial charge in [-0.15, -0.1) is 0 Å². The fourth-order valence-corrected chi connectivity index (χ4v) is 4.70. The van der Waals surface area contributed by atoms with E-state index in [1.54, 1.807) is 0 Å². The molecule has 2 N–H and O–H groups in total. The maximum absolute atomic E-state index is 13.9. The predicted molar refractivity (Wildman–Crippen MR) is 129 cm³/mol. The molecule has 6 nitrogen and oxygen atoms in total. The number of aliphatic hydroxyl groups is 1. The summed E-state index contributed by atoms with van der Waals surface area (Å²) in [5.41, 5.74) is -7.15. The fraction of sp³-hybridized carbons (Fsp3) is 0.360. The summed E-state index contributed by atoms with van der Waals surface area (Å²) in [5.74, 6) is -3.09. The Hall–Kier alpha value is -3.30. The number of ether oxygens (including phenoxy) is 1. The van der Waals surface area contributed by atoms with E-state index in [9.17, 15) is 49.4 Å². The number of alkyl halides is 9. The Kier molecular flexibility index (Phi) is 8.10. The first-order valence-electron chi connectivity index (χ1n) is 11.7. The van der Waals surface area contributed by atoms with Crippen LogP contribution in [0, 0.1) is 0 Å². The Morgan fingerprint density at radius 2 is 1.59 bits per heavy atom. The molecule has 2 aliphatic heterocycles. The number of esters is 1. The van der Waals surface area contributed by atoms with Gasteiger partial charge in [0.15, 0.2) is 6.10 Å². The van der Waals surface area contributed by atoms with E-state index < -0.39 is 48.0 Å². The average molecular weight is 616 g/mol. The Balaban J connectivity index is 1.94. The highest BCUT2D eigenvalue weighted by molar-refractivity contribution is 6.33. The second-order valence-electron chi connectivity index (χ2n) is 9.06. The number of hydrogen-bond donors (Lipinski definition) is 2. The summed E-state index contributed by atoms with van der Waals surface area (Å²) in [6, 6.07) is 8.32. The maximum atomic E-state index is 13.9. The summed E-state index contributed by atoms with van der Waals surface area (Å²) in [6.45, 7) is 1.18. The number of hydrazone groups is 1. The lowest BCUT2D eigenvalue weighted by atomic mass is 9.86. The molecule has 4 rings (SSSR count). The smallest absolute Gasteiger partial charge is 0.447 e. The highest BCUT2D eigenvalue weighted by atomic mass is 35.5. The molecule has 2 unspecified atom stereocenters. The molecule has 0 bridgehead atoms. The summed E-state index contributed by atoms with van der Waals surface area (Å²) in [4.78, 5) is 11.8. The first-order chi connectivity index (χ1) is 19.0. The lowest BCUT2D eigenvalue weighted by Crippen LogP contribution is -2.65. The lowest BCUT2D eigenvalue weighted by molar-refractivity contribution is -0.339. The van der Waals surface area contributed by atoms with Gasteiger partial charge in [0.2, 0.25) is 0 Å². The van der Waals surface area contributed by atoms with Crippen LogP contribution in [-0.4, -0.2) is 60.1 Å². The number of anilines is 1. The molecule has 2 aromatic carbocycles. The Morgan fingerprint density at radius 1 is 0.976 bits per heavy atom. The highest BCUT2D eigenvalue weighted by Crippen LogP contribution is 2.50. The van der Waals surface area contributed by atoms with Crippen LogP contribution in [0.4, 0.5) is 45.2 Å². The van der Waals surface area contributed by atoms with E-state index in [0.29, 0.717) is 30.1 Å². The van der Waals surface area contributed by atoms with Crippen LogP contribution in [-0.2, 0) is 9.53 Å². The number of carbonyl (C=O) groups excluding carboxylic acids is 1. The number of nitrogens with zero attached hydrogens (tertiary/aromatic N) is 2. The molecule has 0 spiro atoms. The van der Waals surface area contributed by atoms with Gasteiger partial charge in [-0.2, -0.15) is 44.6 Å². The minimum absolute atomic E-state index is 0.186. The molecule has 0 aromatic heterocycles. The largest absolute Gasteiger partial charge is 0.490 e. The number of carbonyl (C=O) groups is 1. The van der Waals surface area contributed by atoms with E-state index in [4.69, 9.17) is 11.6 Å². The quantitative estimate of drug-likeness (QED) is 0.321. The van der Waals surface area contributed by atoms with Gasteiger partial charge >= 0.3 is 30.1 Å². The number of benzene rings is 2. The van der Waals surface area contributed by atoms with Crippen LogP contribution in [0.5, 0.6) is 0 Å². The van der Waals surface area contributed by atoms with Crippen molar-refractivity contribution in [2.24, 2.45) is 5.10 Å². The number of nitrogens with one attached hydrogen (secondary N) is 1. The number of halogens is 10. The van der Waals surface area contributed by atoms with E-state index in [1.807, 2.05) is 6.08 Å². The van der Waals surface area contributed by atoms with Gasteiger partial charge in [0.1, 0.15) is 11.8 Å². The summed E-state index contributed by atoms with van der Waals surface area (Å²) in [6.07, 6.45) is -19.5. The molecular formula is C25H19ClF9N3O3. The topological polar surface area (TPSA) is 74.2 Å². The summed E-state index contributed by atoms with van der Waals surface area (Å²) >= 11 is 6.13. The third-order valence-electron chi connectivity index (χ3n) is 6.48.